The summed E-state index contributed by atoms with van der Waals surface area (Å²) in [5.41, 5.74) is 1.91. The molecule has 0 amide bonds. The Hall–Kier alpha value is -1.29. The van der Waals surface area contributed by atoms with Crippen molar-refractivity contribution in [2.75, 3.05) is 11.0 Å². The average Bonchev–Trinajstić information content (AvgIpc) is 2.40. The molecule has 0 atom stereocenters. The second kappa shape index (κ2) is 6.44. The maximum atomic E-state index is 11.5. The van der Waals surface area contributed by atoms with Crippen molar-refractivity contribution < 1.29 is 8.42 Å². The fourth-order valence-corrected chi connectivity index (χ4v) is 4.56. The van der Waals surface area contributed by atoms with E-state index in [9.17, 15) is 8.42 Å². The van der Waals surface area contributed by atoms with Gasteiger partial charge < -0.3 is 0 Å². The normalized spacial score (nSPS) is 11.3. The molecular formula is C15H17NO2SSe. The summed E-state index contributed by atoms with van der Waals surface area (Å²) in [5, 5.41) is 0. The van der Waals surface area contributed by atoms with Crippen molar-refractivity contribution in [1.29, 1.82) is 0 Å². The molecule has 2 aromatic rings. The fourth-order valence-electron chi connectivity index (χ4n) is 1.77. The molecule has 0 aromatic heterocycles. The van der Waals surface area contributed by atoms with Crippen LogP contribution in [-0.2, 0) is 16.4 Å². The molecule has 0 bridgehead atoms. The van der Waals surface area contributed by atoms with E-state index in [2.05, 4.69) is 29.8 Å². The van der Waals surface area contributed by atoms with Crippen LogP contribution in [0, 0.1) is 0 Å². The predicted octanol–water partition coefficient (Wildman–Crippen LogP) is 1.28. The van der Waals surface area contributed by atoms with Crippen molar-refractivity contribution in [2.24, 2.45) is 0 Å². The Morgan fingerprint density at radius 1 is 1.10 bits per heavy atom. The SMILES string of the molecule is CCc1ccc(NS(C)(=O)=O)c([Se]c2ccccc2)c1. The van der Waals surface area contributed by atoms with Gasteiger partial charge in [0.1, 0.15) is 0 Å². The quantitative estimate of drug-likeness (QED) is 0.823. The molecule has 0 fully saturated rings. The number of sulfonamides is 1. The summed E-state index contributed by atoms with van der Waals surface area (Å²) in [6.07, 6.45) is 2.12. The fraction of sp³-hybridized carbons (Fsp3) is 0.200. The minimum atomic E-state index is -3.25. The molecule has 0 saturated heterocycles. The molecule has 0 spiro atoms. The van der Waals surface area contributed by atoms with Crippen molar-refractivity contribution in [3.63, 3.8) is 0 Å². The molecule has 0 unspecified atom stereocenters. The van der Waals surface area contributed by atoms with E-state index in [1.165, 1.54) is 16.3 Å². The van der Waals surface area contributed by atoms with Crippen LogP contribution in [0.15, 0.2) is 48.5 Å². The third-order valence-corrected chi connectivity index (χ3v) is 5.55. The maximum absolute atomic E-state index is 11.5. The summed E-state index contributed by atoms with van der Waals surface area (Å²) in [7, 11) is -3.25. The summed E-state index contributed by atoms with van der Waals surface area (Å²) in [5.74, 6) is 0. The number of hydrogen-bond acceptors (Lipinski definition) is 2. The van der Waals surface area contributed by atoms with Crippen LogP contribution in [0.4, 0.5) is 5.69 Å². The zero-order chi connectivity index (χ0) is 14.6. The molecule has 3 nitrogen and oxygen atoms in total. The number of nitrogens with one attached hydrogen (secondary N) is 1. The van der Waals surface area contributed by atoms with Crippen LogP contribution in [0.3, 0.4) is 0 Å². The van der Waals surface area contributed by atoms with Crippen molar-refractivity contribution in [3.8, 4) is 0 Å². The predicted molar refractivity (Wildman–Crippen MR) is 85.8 cm³/mol. The summed E-state index contributed by atoms with van der Waals surface area (Å²) in [6.45, 7) is 2.10. The van der Waals surface area contributed by atoms with E-state index in [0.717, 1.165) is 10.9 Å². The topological polar surface area (TPSA) is 46.2 Å². The van der Waals surface area contributed by atoms with Gasteiger partial charge in [-0.15, -0.1) is 0 Å². The van der Waals surface area contributed by atoms with Gasteiger partial charge in [-0.3, -0.25) is 0 Å². The van der Waals surface area contributed by atoms with Crippen molar-refractivity contribution in [2.45, 2.75) is 13.3 Å². The summed E-state index contributed by atoms with van der Waals surface area (Å²) < 4.78 is 27.8. The number of rotatable bonds is 5. The first-order valence-electron chi connectivity index (χ1n) is 6.31. The molecule has 2 rings (SSSR count). The van der Waals surface area contributed by atoms with E-state index in [-0.39, 0.29) is 15.0 Å². The Labute approximate surface area is 126 Å². The summed E-state index contributed by atoms with van der Waals surface area (Å²) >= 11 is 0.0828. The standard InChI is InChI=1S/C15H17NO2SSe/c1-3-12-9-10-14(16-19(2,17)18)15(11-12)20-13-7-5-4-6-8-13/h4-11,16H,3H2,1-2H3. The van der Waals surface area contributed by atoms with E-state index in [4.69, 9.17) is 0 Å². The first-order valence-corrected chi connectivity index (χ1v) is 9.92. The molecule has 5 heteroatoms. The molecule has 20 heavy (non-hydrogen) atoms. The van der Waals surface area contributed by atoms with Gasteiger partial charge in [-0.05, 0) is 0 Å². The Morgan fingerprint density at radius 2 is 1.80 bits per heavy atom. The van der Waals surface area contributed by atoms with Gasteiger partial charge in [0.25, 0.3) is 0 Å². The number of anilines is 1. The van der Waals surface area contributed by atoms with E-state index in [1.807, 2.05) is 30.3 Å². The van der Waals surface area contributed by atoms with Crippen LogP contribution in [0.2, 0.25) is 0 Å². The monoisotopic (exact) mass is 355 g/mol. The van der Waals surface area contributed by atoms with Gasteiger partial charge >= 0.3 is 126 Å². The van der Waals surface area contributed by atoms with Gasteiger partial charge in [-0.1, -0.05) is 0 Å². The van der Waals surface area contributed by atoms with Crippen molar-refractivity contribution in [3.05, 3.63) is 54.1 Å². The molecule has 1 N–H and O–H groups in total. The summed E-state index contributed by atoms with van der Waals surface area (Å²) in [6, 6.07) is 16.1. The molecule has 0 radical (unpaired) electrons. The van der Waals surface area contributed by atoms with E-state index < -0.39 is 10.0 Å². The molecule has 2 aromatic carbocycles. The first-order chi connectivity index (χ1) is 9.48. The Morgan fingerprint density at radius 3 is 2.40 bits per heavy atom. The third kappa shape index (κ3) is 4.37. The molecule has 0 aliphatic rings. The molecular weight excluding hydrogens is 337 g/mol. The number of aryl methyl sites for hydroxylation is 1. The van der Waals surface area contributed by atoms with Crippen LogP contribution >= 0.6 is 0 Å². The van der Waals surface area contributed by atoms with Crippen LogP contribution < -0.4 is 13.6 Å². The zero-order valence-corrected chi connectivity index (χ0v) is 14.0. The first kappa shape index (κ1) is 15.1. The Balaban J connectivity index is 2.37. The second-order valence-electron chi connectivity index (χ2n) is 4.47. The van der Waals surface area contributed by atoms with E-state index in [1.54, 1.807) is 0 Å². The van der Waals surface area contributed by atoms with Crippen molar-refractivity contribution in [1.82, 2.24) is 0 Å². The Kier molecular flexibility index (Phi) is 4.86. The van der Waals surface area contributed by atoms with E-state index >= 15 is 0 Å². The van der Waals surface area contributed by atoms with Gasteiger partial charge in [0, 0.05) is 0 Å². The van der Waals surface area contributed by atoms with E-state index in [0.29, 0.717) is 5.69 Å². The van der Waals surface area contributed by atoms with Crippen LogP contribution in [0.5, 0.6) is 0 Å². The third-order valence-electron chi connectivity index (χ3n) is 2.72. The van der Waals surface area contributed by atoms with Gasteiger partial charge in [-0.2, -0.15) is 0 Å². The molecule has 0 aliphatic heterocycles. The van der Waals surface area contributed by atoms with Crippen LogP contribution in [0.1, 0.15) is 12.5 Å². The minimum absolute atomic E-state index is 0.0828. The zero-order valence-electron chi connectivity index (χ0n) is 11.5. The molecule has 106 valence electrons. The number of hydrogen-bond donors (Lipinski definition) is 1. The molecule has 0 saturated carbocycles. The summed E-state index contributed by atoms with van der Waals surface area (Å²) in [4.78, 5) is 0. The number of benzene rings is 2. The average molecular weight is 354 g/mol. The second-order valence-corrected chi connectivity index (χ2v) is 8.56. The molecule has 0 heterocycles. The van der Waals surface area contributed by atoms with Gasteiger partial charge in [0.15, 0.2) is 0 Å². The molecule has 0 aliphatic carbocycles. The van der Waals surface area contributed by atoms with Gasteiger partial charge in [0.2, 0.25) is 0 Å². The van der Waals surface area contributed by atoms with Crippen LogP contribution in [-0.4, -0.2) is 29.6 Å². The van der Waals surface area contributed by atoms with Gasteiger partial charge in [-0.25, -0.2) is 0 Å². The van der Waals surface area contributed by atoms with Gasteiger partial charge in [0.05, 0.1) is 0 Å². The Bertz CT molecular complexity index is 684. The van der Waals surface area contributed by atoms with Crippen LogP contribution in [0.25, 0.3) is 0 Å². The van der Waals surface area contributed by atoms with Crippen molar-refractivity contribution >= 4 is 39.6 Å².